The topological polar surface area (TPSA) is 75.6 Å². The Labute approximate surface area is 225 Å². The molecule has 0 saturated carbocycles. The molecule has 1 aliphatic heterocycles. The van der Waals surface area contributed by atoms with Gasteiger partial charge in [-0.05, 0) is 49.0 Å². The zero-order chi connectivity index (χ0) is 26.8. The molecule has 5 rings (SSSR count). The normalized spacial score (nSPS) is 14.9. The van der Waals surface area contributed by atoms with Gasteiger partial charge < -0.3 is 28.8 Å². The predicted molar refractivity (Wildman–Crippen MR) is 148 cm³/mol. The number of H-pyrrole nitrogens is 1. The summed E-state index contributed by atoms with van der Waals surface area (Å²) in [6, 6.07) is 8.86. The average Bonchev–Trinajstić information content (AvgIpc) is 3.33. The molecule has 38 heavy (non-hydrogen) atoms. The number of likely N-dealkylation sites (N-methyl/N-ethyl adjacent to an activating group) is 1. The maximum absolute atomic E-state index is 15.8. The van der Waals surface area contributed by atoms with Crippen LogP contribution in [0.15, 0.2) is 53.7 Å². The Balaban J connectivity index is 1.55. The number of hydrogen-bond donors (Lipinski definition) is 1. The van der Waals surface area contributed by atoms with E-state index in [-0.39, 0.29) is 17.4 Å². The second-order valence-electron chi connectivity index (χ2n) is 9.75. The van der Waals surface area contributed by atoms with E-state index in [0.717, 1.165) is 11.1 Å². The van der Waals surface area contributed by atoms with Crippen LogP contribution in [-0.2, 0) is 16.1 Å². The van der Waals surface area contributed by atoms with E-state index in [9.17, 15) is 4.79 Å². The minimum atomic E-state index is -0.354. The van der Waals surface area contributed by atoms with E-state index in [4.69, 9.17) is 21.1 Å². The number of aromatic amines is 1. The van der Waals surface area contributed by atoms with Crippen molar-refractivity contribution in [3.05, 3.63) is 81.2 Å². The van der Waals surface area contributed by atoms with Crippen LogP contribution in [0.25, 0.3) is 22.2 Å². The molecule has 1 saturated heterocycles. The lowest BCUT2D eigenvalue weighted by atomic mass is 10.0. The molecule has 0 amide bonds. The Morgan fingerprint density at radius 2 is 2.03 bits per heavy atom. The van der Waals surface area contributed by atoms with Gasteiger partial charge in [-0.1, -0.05) is 17.7 Å². The van der Waals surface area contributed by atoms with Crippen molar-refractivity contribution in [3.63, 3.8) is 0 Å². The van der Waals surface area contributed by atoms with Crippen molar-refractivity contribution in [3.8, 4) is 11.1 Å². The zero-order valence-electron chi connectivity index (χ0n) is 21.7. The molecule has 3 aromatic heterocycles. The lowest BCUT2D eigenvalue weighted by Crippen LogP contribution is -2.36. The molecule has 1 aliphatic rings. The van der Waals surface area contributed by atoms with Crippen LogP contribution < -0.4 is 10.5 Å². The van der Waals surface area contributed by atoms with E-state index in [0.29, 0.717) is 72.3 Å². The van der Waals surface area contributed by atoms with Crippen molar-refractivity contribution in [2.45, 2.75) is 12.6 Å². The Hall–Kier alpha value is -3.24. The van der Waals surface area contributed by atoms with E-state index in [1.807, 2.05) is 48.2 Å². The van der Waals surface area contributed by atoms with Gasteiger partial charge in [-0.25, -0.2) is 9.37 Å². The van der Waals surface area contributed by atoms with E-state index >= 15 is 4.39 Å². The number of methoxy groups -OCH3 is 1. The molecule has 0 spiro atoms. The van der Waals surface area contributed by atoms with Gasteiger partial charge in [-0.2, -0.15) is 0 Å². The van der Waals surface area contributed by atoms with Gasteiger partial charge in [0.15, 0.2) is 5.82 Å². The van der Waals surface area contributed by atoms with Crippen LogP contribution >= 0.6 is 11.6 Å². The van der Waals surface area contributed by atoms with Crippen LogP contribution in [0.4, 0.5) is 10.1 Å². The van der Waals surface area contributed by atoms with Crippen molar-refractivity contribution < 1.29 is 13.9 Å². The zero-order valence-corrected chi connectivity index (χ0v) is 22.5. The molecule has 0 radical (unpaired) electrons. The third-order valence-electron chi connectivity index (χ3n) is 6.78. The van der Waals surface area contributed by atoms with Crippen LogP contribution in [0.1, 0.15) is 17.2 Å². The number of anilines is 1. The molecule has 4 aromatic rings. The summed E-state index contributed by atoms with van der Waals surface area (Å²) in [4.78, 5) is 25.0. The summed E-state index contributed by atoms with van der Waals surface area (Å²) in [5.74, 6) is -0.354. The number of ether oxygens (including phenoxy) is 2. The summed E-state index contributed by atoms with van der Waals surface area (Å²) in [6.45, 7) is 3.29. The van der Waals surface area contributed by atoms with E-state index in [2.05, 4.69) is 9.97 Å². The summed E-state index contributed by atoms with van der Waals surface area (Å²) in [6.07, 6.45) is 5.02. The lowest BCUT2D eigenvalue weighted by Gasteiger charge is -2.28. The summed E-state index contributed by atoms with van der Waals surface area (Å²) < 4.78 is 28.2. The number of halogens is 2. The first-order chi connectivity index (χ1) is 18.4. The Kier molecular flexibility index (Phi) is 7.80. The second-order valence-corrected chi connectivity index (χ2v) is 10.2. The molecule has 4 heterocycles. The Bertz CT molecular complexity index is 1500. The van der Waals surface area contributed by atoms with Crippen LogP contribution in [0, 0.1) is 5.82 Å². The number of nitrogens with zero attached hydrogens (tertiary/aromatic N) is 4. The number of rotatable bonds is 8. The van der Waals surface area contributed by atoms with Gasteiger partial charge in [0, 0.05) is 55.8 Å². The predicted octanol–water partition coefficient (Wildman–Crippen LogP) is 4.32. The summed E-state index contributed by atoms with van der Waals surface area (Å²) >= 11 is 6.41. The van der Waals surface area contributed by atoms with Crippen molar-refractivity contribution in [2.24, 2.45) is 0 Å². The fourth-order valence-electron chi connectivity index (χ4n) is 5.03. The van der Waals surface area contributed by atoms with Crippen molar-refractivity contribution in [2.75, 3.05) is 59.0 Å². The minimum Gasteiger partial charge on any atom is -0.380 e. The standard InChI is InChI=1S/C28H31ClFN5O3/c1-33(2)16-24(20-10-18(17-37-3)11-21(29)12-20)35-5-4-19(13-25(35)36)22-14-31-28-26(22)27(30)23(15-32-28)34-6-8-38-9-7-34/h4-5,10-15,24H,6-9,16-17H2,1-3H3,(H,31,32)/t24-/m1/s1. The quantitative estimate of drug-likeness (QED) is 0.359. The highest BCUT2D eigenvalue weighted by molar-refractivity contribution is 6.30. The number of nitrogens with one attached hydrogen (secondary N) is 1. The van der Waals surface area contributed by atoms with Crippen LogP contribution in [0.5, 0.6) is 0 Å². The van der Waals surface area contributed by atoms with Crippen LogP contribution in [0.3, 0.4) is 0 Å². The van der Waals surface area contributed by atoms with E-state index < -0.39 is 0 Å². The first kappa shape index (κ1) is 26.4. The fraction of sp³-hybridized carbons (Fsp3) is 0.357. The molecule has 200 valence electrons. The molecule has 0 aliphatic carbocycles. The molecular weight excluding hydrogens is 509 g/mol. The lowest BCUT2D eigenvalue weighted by molar-refractivity contribution is 0.122. The second kappa shape index (κ2) is 11.2. The number of aromatic nitrogens is 3. The van der Waals surface area contributed by atoms with Gasteiger partial charge in [-0.15, -0.1) is 0 Å². The van der Waals surface area contributed by atoms with E-state index in [1.165, 1.54) is 0 Å². The number of pyridine rings is 2. The fourth-order valence-corrected chi connectivity index (χ4v) is 5.30. The largest absolute Gasteiger partial charge is 0.380 e. The molecule has 1 fully saturated rings. The first-order valence-electron chi connectivity index (χ1n) is 12.5. The smallest absolute Gasteiger partial charge is 0.251 e. The molecular formula is C28H31ClFN5O3. The summed E-state index contributed by atoms with van der Waals surface area (Å²) in [5.41, 5.74) is 3.73. The third kappa shape index (κ3) is 5.33. The minimum absolute atomic E-state index is 0.199. The maximum atomic E-state index is 15.8. The highest BCUT2D eigenvalue weighted by Crippen LogP contribution is 2.34. The third-order valence-corrected chi connectivity index (χ3v) is 7.00. The summed E-state index contributed by atoms with van der Waals surface area (Å²) in [7, 11) is 5.55. The highest BCUT2D eigenvalue weighted by atomic mass is 35.5. The SMILES string of the molecule is COCc1cc(Cl)cc([C@@H](CN(C)C)n2ccc(-c3c[nH]c4ncc(N5CCOCC5)c(F)c34)cc2=O)c1. The molecule has 8 nitrogen and oxygen atoms in total. The summed E-state index contributed by atoms with van der Waals surface area (Å²) in [5, 5.41) is 0.954. The van der Waals surface area contributed by atoms with E-state index in [1.54, 1.807) is 36.3 Å². The van der Waals surface area contributed by atoms with Gasteiger partial charge >= 0.3 is 0 Å². The highest BCUT2D eigenvalue weighted by Gasteiger charge is 2.22. The number of benzene rings is 1. The molecule has 0 bridgehead atoms. The molecule has 1 aromatic carbocycles. The van der Waals surface area contributed by atoms with Gasteiger partial charge in [0.25, 0.3) is 5.56 Å². The van der Waals surface area contributed by atoms with Crippen LogP contribution in [-0.4, -0.2) is 73.5 Å². The average molecular weight is 540 g/mol. The van der Waals surface area contributed by atoms with Crippen molar-refractivity contribution in [1.82, 2.24) is 19.4 Å². The van der Waals surface area contributed by atoms with Gasteiger partial charge in [-0.3, -0.25) is 4.79 Å². The van der Waals surface area contributed by atoms with Crippen LogP contribution in [0.2, 0.25) is 5.02 Å². The van der Waals surface area contributed by atoms with Crippen molar-refractivity contribution in [1.29, 1.82) is 0 Å². The van der Waals surface area contributed by atoms with Gasteiger partial charge in [0.05, 0.1) is 43.1 Å². The maximum Gasteiger partial charge on any atom is 0.251 e. The Morgan fingerprint density at radius 3 is 2.74 bits per heavy atom. The first-order valence-corrected chi connectivity index (χ1v) is 12.9. The Morgan fingerprint density at radius 1 is 1.24 bits per heavy atom. The number of fused-ring (bicyclic) bond motifs is 1. The monoisotopic (exact) mass is 539 g/mol. The van der Waals surface area contributed by atoms with Gasteiger partial charge in [0.1, 0.15) is 5.65 Å². The number of morpholine rings is 1. The number of hydrogen-bond acceptors (Lipinski definition) is 6. The van der Waals surface area contributed by atoms with Crippen molar-refractivity contribution >= 4 is 28.3 Å². The molecule has 10 heteroatoms. The molecule has 1 atom stereocenters. The molecule has 1 N–H and O–H groups in total. The van der Waals surface area contributed by atoms with Gasteiger partial charge in [0.2, 0.25) is 0 Å². The molecule has 0 unspecified atom stereocenters.